The van der Waals surface area contributed by atoms with Gasteiger partial charge in [0.15, 0.2) is 5.78 Å². The lowest BCUT2D eigenvalue weighted by Gasteiger charge is -2.10. The van der Waals surface area contributed by atoms with Crippen LogP contribution in [-0.4, -0.2) is 18.2 Å². The highest BCUT2D eigenvalue weighted by atomic mass is 79.9. The van der Waals surface area contributed by atoms with Gasteiger partial charge in [0, 0.05) is 21.4 Å². The van der Waals surface area contributed by atoms with Crippen LogP contribution >= 0.6 is 15.9 Å². The zero-order valence-corrected chi connectivity index (χ0v) is 14.0. The predicted molar refractivity (Wildman–Crippen MR) is 92.4 cm³/mol. The van der Waals surface area contributed by atoms with Gasteiger partial charge in [-0.25, -0.2) is 0 Å². The van der Waals surface area contributed by atoms with Crippen molar-refractivity contribution >= 4 is 39.0 Å². The molecule has 0 aliphatic heterocycles. The number of Topliss-reactive ketones (excluding diaryl/α,β-unsaturated/α-hetero) is 1. The summed E-state index contributed by atoms with van der Waals surface area (Å²) in [5.74, 6) is -0.141. The summed E-state index contributed by atoms with van der Waals surface area (Å²) < 4.78 is 0.974. The third-order valence-corrected chi connectivity index (χ3v) is 3.68. The van der Waals surface area contributed by atoms with Gasteiger partial charge in [-0.1, -0.05) is 28.1 Å². The monoisotopic (exact) mass is 360 g/mol. The Morgan fingerprint density at radius 1 is 1.14 bits per heavy atom. The number of benzene rings is 2. The van der Waals surface area contributed by atoms with Crippen molar-refractivity contribution in [2.45, 2.75) is 13.8 Å². The fraction of sp³-hybridized carbons (Fsp3) is 0.176. The fourth-order valence-corrected chi connectivity index (χ4v) is 2.47. The molecule has 1 amide bonds. The van der Waals surface area contributed by atoms with Crippen molar-refractivity contribution in [3.05, 3.63) is 58.1 Å². The van der Waals surface area contributed by atoms with Crippen LogP contribution in [0.2, 0.25) is 0 Å². The Balaban J connectivity index is 1.95. The van der Waals surface area contributed by atoms with Gasteiger partial charge < -0.3 is 10.6 Å². The number of halogens is 1. The number of amides is 1. The lowest BCUT2D eigenvalue weighted by atomic mass is 10.1. The van der Waals surface area contributed by atoms with Crippen LogP contribution in [0.25, 0.3) is 0 Å². The van der Waals surface area contributed by atoms with Crippen LogP contribution in [0.15, 0.2) is 46.9 Å². The van der Waals surface area contributed by atoms with E-state index in [4.69, 9.17) is 0 Å². The molecule has 0 saturated carbocycles. The quantitative estimate of drug-likeness (QED) is 0.792. The Labute approximate surface area is 138 Å². The van der Waals surface area contributed by atoms with Gasteiger partial charge in [0.2, 0.25) is 5.91 Å². The number of anilines is 2. The predicted octanol–water partition coefficient (Wildman–Crippen LogP) is 4.01. The summed E-state index contributed by atoms with van der Waals surface area (Å²) in [7, 11) is 0. The zero-order chi connectivity index (χ0) is 16.1. The first-order valence-electron chi connectivity index (χ1n) is 6.86. The van der Waals surface area contributed by atoms with E-state index in [0.717, 1.165) is 21.4 Å². The number of carbonyl (C=O) groups excluding carboxylic acids is 2. The number of hydrogen-bond acceptors (Lipinski definition) is 3. The minimum absolute atomic E-state index is 0.00131. The zero-order valence-electron chi connectivity index (χ0n) is 12.4. The van der Waals surface area contributed by atoms with E-state index in [1.54, 1.807) is 18.2 Å². The molecule has 0 saturated heterocycles. The maximum Gasteiger partial charge on any atom is 0.243 e. The van der Waals surface area contributed by atoms with Crippen LogP contribution in [0.4, 0.5) is 11.4 Å². The van der Waals surface area contributed by atoms with Crippen LogP contribution in [0, 0.1) is 6.92 Å². The van der Waals surface area contributed by atoms with E-state index in [-0.39, 0.29) is 18.2 Å². The van der Waals surface area contributed by atoms with Crippen molar-refractivity contribution in [2.24, 2.45) is 0 Å². The highest BCUT2D eigenvalue weighted by Gasteiger charge is 2.06. The van der Waals surface area contributed by atoms with E-state index in [1.165, 1.54) is 6.92 Å². The van der Waals surface area contributed by atoms with Crippen molar-refractivity contribution in [3.63, 3.8) is 0 Å². The van der Waals surface area contributed by atoms with Crippen molar-refractivity contribution < 1.29 is 9.59 Å². The number of ketones is 1. The number of carbonyl (C=O) groups is 2. The molecule has 2 aromatic rings. The summed E-state index contributed by atoms with van der Waals surface area (Å²) in [6.45, 7) is 3.59. The Kier molecular flexibility index (Phi) is 5.33. The second-order valence-corrected chi connectivity index (χ2v) is 5.91. The van der Waals surface area contributed by atoms with Gasteiger partial charge in [0.25, 0.3) is 0 Å². The minimum Gasteiger partial charge on any atom is -0.376 e. The van der Waals surface area contributed by atoms with E-state index in [9.17, 15) is 9.59 Å². The normalized spacial score (nSPS) is 10.1. The van der Waals surface area contributed by atoms with Crippen LogP contribution < -0.4 is 10.6 Å². The Morgan fingerprint density at radius 3 is 2.59 bits per heavy atom. The van der Waals surface area contributed by atoms with E-state index >= 15 is 0 Å². The summed E-state index contributed by atoms with van der Waals surface area (Å²) >= 11 is 3.39. The van der Waals surface area contributed by atoms with E-state index in [1.807, 2.05) is 31.2 Å². The van der Waals surface area contributed by atoms with E-state index < -0.39 is 0 Å². The molecule has 5 heteroatoms. The molecular weight excluding hydrogens is 344 g/mol. The maximum atomic E-state index is 12.0. The molecule has 0 radical (unpaired) electrons. The molecule has 4 nitrogen and oxygen atoms in total. The molecule has 2 rings (SSSR count). The number of aryl methyl sites for hydroxylation is 1. The summed E-state index contributed by atoms with van der Waals surface area (Å²) in [5, 5.41) is 5.87. The average molecular weight is 361 g/mol. The summed E-state index contributed by atoms with van der Waals surface area (Å²) in [4.78, 5) is 23.3. The molecule has 0 unspecified atom stereocenters. The van der Waals surface area contributed by atoms with Crippen molar-refractivity contribution in [2.75, 3.05) is 17.2 Å². The largest absolute Gasteiger partial charge is 0.376 e. The summed E-state index contributed by atoms with van der Waals surface area (Å²) in [6, 6.07) is 12.8. The Hall–Kier alpha value is -2.14. The average Bonchev–Trinajstić information content (AvgIpc) is 2.48. The lowest BCUT2D eigenvalue weighted by molar-refractivity contribution is -0.114. The van der Waals surface area contributed by atoms with Gasteiger partial charge in [-0.3, -0.25) is 9.59 Å². The molecule has 22 heavy (non-hydrogen) atoms. The number of nitrogens with one attached hydrogen (secondary N) is 2. The van der Waals surface area contributed by atoms with Gasteiger partial charge in [0.1, 0.15) is 0 Å². The first-order valence-corrected chi connectivity index (χ1v) is 7.66. The molecule has 0 aliphatic carbocycles. The lowest BCUT2D eigenvalue weighted by Crippen LogP contribution is -2.22. The molecule has 0 heterocycles. The van der Waals surface area contributed by atoms with Crippen molar-refractivity contribution in [3.8, 4) is 0 Å². The Bertz CT molecular complexity index is 714. The first kappa shape index (κ1) is 16.2. The van der Waals surface area contributed by atoms with Crippen LogP contribution in [0.5, 0.6) is 0 Å². The van der Waals surface area contributed by atoms with Gasteiger partial charge in [-0.2, -0.15) is 0 Å². The molecule has 0 spiro atoms. The SMILES string of the molecule is CC(=O)c1cccc(NCC(=O)Nc2ccc(Br)cc2C)c1. The maximum absolute atomic E-state index is 12.0. The third kappa shape index (κ3) is 4.43. The van der Waals surface area contributed by atoms with Crippen molar-refractivity contribution in [1.82, 2.24) is 0 Å². The van der Waals surface area contributed by atoms with Crippen LogP contribution in [0.1, 0.15) is 22.8 Å². The van der Waals surface area contributed by atoms with Gasteiger partial charge in [-0.05, 0) is 49.7 Å². The topological polar surface area (TPSA) is 58.2 Å². The van der Waals surface area contributed by atoms with Crippen molar-refractivity contribution in [1.29, 1.82) is 0 Å². The second-order valence-electron chi connectivity index (χ2n) is 5.00. The fourth-order valence-electron chi connectivity index (χ4n) is 1.99. The summed E-state index contributed by atoms with van der Waals surface area (Å²) in [5.41, 5.74) is 3.14. The number of rotatable bonds is 5. The molecule has 114 valence electrons. The van der Waals surface area contributed by atoms with Crippen LogP contribution in [-0.2, 0) is 4.79 Å². The number of hydrogen-bond donors (Lipinski definition) is 2. The molecule has 0 fully saturated rings. The molecular formula is C17H17BrN2O2. The highest BCUT2D eigenvalue weighted by molar-refractivity contribution is 9.10. The Morgan fingerprint density at radius 2 is 1.91 bits per heavy atom. The van der Waals surface area contributed by atoms with Gasteiger partial charge in [0.05, 0.1) is 6.54 Å². The highest BCUT2D eigenvalue weighted by Crippen LogP contribution is 2.20. The van der Waals surface area contributed by atoms with Gasteiger partial charge in [-0.15, -0.1) is 0 Å². The molecule has 0 atom stereocenters. The van der Waals surface area contributed by atoms with Gasteiger partial charge >= 0.3 is 0 Å². The third-order valence-electron chi connectivity index (χ3n) is 3.18. The molecule has 0 aromatic heterocycles. The second kappa shape index (κ2) is 7.22. The first-order chi connectivity index (χ1) is 10.5. The molecule has 0 aliphatic rings. The van der Waals surface area contributed by atoms with E-state index in [0.29, 0.717) is 5.56 Å². The smallest absolute Gasteiger partial charge is 0.243 e. The van der Waals surface area contributed by atoms with E-state index in [2.05, 4.69) is 26.6 Å². The molecule has 0 bridgehead atoms. The van der Waals surface area contributed by atoms with Crippen LogP contribution in [0.3, 0.4) is 0 Å². The molecule has 2 aromatic carbocycles. The summed E-state index contributed by atoms with van der Waals surface area (Å²) in [6.07, 6.45) is 0. The molecule has 2 N–H and O–H groups in total. The standard InChI is InChI=1S/C17H17BrN2O2/c1-11-8-14(18)6-7-16(11)20-17(22)10-19-15-5-3-4-13(9-15)12(2)21/h3-9,19H,10H2,1-2H3,(H,20,22). The minimum atomic E-state index is -0.140.